The quantitative estimate of drug-likeness (QED) is 0.239. The van der Waals surface area contributed by atoms with Crippen LogP contribution in [0.25, 0.3) is 0 Å². The van der Waals surface area contributed by atoms with Gasteiger partial charge in [-0.25, -0.2) is 0 Å². The van der Waals surface area contributed by atoms with Gasteiger partial charge in [0, 0.05) is 4.90 Å². The van der Waals surface area contributed by atoms with Crippen molar-refractivity contribution >= 4 is 17.7 Å². The first-order chi connectivity index (χ1) is 12.8. The summed E-state index contributed by atoms with van der Waals surface area (Å²) in [4.78, 5) is 14.0. The van der Waals surface area contributed by atoms with Gasteiger partial charge in [0.1, 0.15) is 4.75 Å². The van der Waals surface area contributed by atoms with Gasteiger partial charge in [-0.1, -0.05) is 80.2 Å². The predicted molar refractivity (Wildman–Crippen MR) is 123 cm³/mol. The summed E-state index contributed by atoms with van der Waals surface area (Å²) in [5.74, 6) is -0.0880. The number of carbonyl (C=O) groups excluding carboxylic acids is 1. The summed E-state index contributed by atoms with van der Waals surface area (Å²) in [7, 11) is 0. The Hall–Kier alpha value is -0.960. The van der Waals surface area contributed by atoms with E-state index in [9.17, 15) is 4.79 Å². The van der Waals surface area contributed by atoms with Crippen LogP contribution >= 0.6 is 11.8 Å². The van der Waals surface area contributed by atoms with Crippen molar-refractivity contribution in [2.24, 2.45) is 0 Å². The van der Waals surface area contributed by atoms with Crippen molar-refractivity contribution in [1.82, 2.24) is 0 Å². The fourth-order valence-electron chi connectivity index (χ4n) is 3.15. The van der Waals surface area contributed by atoms with Crippen molar-refractivity contribution in [3.63, 3.8) is 0 Å². The lowest BCUT2D eigenvalue weighted by molar-refractivity contribution is -0.145. The smallest absolute Gasteiger partial charge is 0.322 e. The Morgan fingerprint density at radius 2 is 1.39 bits per heavy atom. The van der Waals surface area contributed by atoms with Gasteiger partial charge in [0.2, 0.25) is 0 Å². The zero-order chi connectivity index (χ0) is 21.6. The number of carbonyl (C=O) groups is 1. The summed E-state index contributed by atoms with van der Waals surface area (Å²) in [5.41, 5.74) is 2.77. The molecule has 0 N–H and O–H groups in total. The molecule has 0 aromatic heterocycles. The van der Waals surface area contributed by atoms with Crippen molar-refractivity contribution in [2.75, 3.05) is 6.61 Å². The van der Waals surface area contributed by atoms with Gasteiger partial charge in [-0.05, 0) is 54.4 Å². The van der Waals surface area contributed by atoms with Crippen LogP contribution in [0.5, 0.6) is 0 Å². The monoisotopic (exact) mass is 406 g/mol. The maximum absolute atomic E-state index is 12.9. The molecule has 0 saturated heterocycles. The molecule has 1 unspecified atom stereocenters. The third kappa shape index (κ3) is 7.46. The van der Waals surface area contributed by atoms with Crippen LogP contribution < -0.4 is 0 Å². The highest BCUT2D eigenvalue weighted by molar-refractivity contribution is 8.01. The molecule has 2 nitrogen and oxygen atoms in total. The fraction of sp³-hybridized carbons (Fsp3) is 0.720. The van der Waals surface area contributed by atoms with E-state index in [1.54, 1.807) is 11.8 Å². The second-order valence-corrected chi connectivity index (χ2v) is 11.7. The highest BCUT2D eigenvalue weighted by atomic mass is 32.2. The van der Waals surface area contributed by atoms with Crippen molar-refractivity contribution in [3.8, 4) is 0 Å². The fourth-order valence-corrected chi connectivity index (χ4v) is 4.43. The Labute approximate surface area is 178 Å². The first kappa shape index (κ1) is 25.1. The molecule has 0 spiro atoms. The predicted octanol–water partition coefficient (Wildman–Crippen LogP) is 7.67. The van der Waals surface area contributed by atoms with Crippen LogP contribution in [0.15, 0.2) is 23.1 Å². The van der Waals surface area contributed by atoms with Gasteiger partial charge >= 0.3 is 5.97 Å². The number of thioether (sulfide) groups is 1. The summed E-state index contributed by atoms with van der Waals surface area (Å²) >= 11 is 1.68. The van der Waals surface area contributed by atoms with E-state index in [1.165, 1.54) is 35.3 Å². The van der Waals surface area contributed by atoms with Crippen LogP contribution in [0.2, 0.25) is 0 Å². The molecule has 0 heterocycles. The van der Waals surface area contributed by atoms with E-state index >= 15 is 0 Å². The van der Waals surface area contributed by atoms with Crippen LogP contribution in [-0.2, 0) is 20.4 Å². The van der Waals surface area contributed by atoms with E-state index in [0.29, 0.717) is 6.61 Å². The molecule has 0 aliphatic rings. The van der Waals surface area contributed by atoms with Crippen molar-refractivity contribution in [2.45, 2.75) is 115 Å². The third-order valence-electron chi connectivity index (χ3n) is 5.20. The second kappa shape index (κ2) is 10.2. The van der Waals surface area contributed by atoms with Gasteiger partial charge in [-0.15, -0.1) is 11.8 Å². The average Bonchev–Trinajstić information content (AvgIpc) is 2.57. The summed E-state index contributed by atoms with van der Waals surface area (Å²) in [6, 6.07) is 6.86. The topological polar surface area (TPSA) is 26.3 Å². The molecule has 1 rings (SSSR count). The van der Waals surface area contributed by atoms with Crippen LogP contribution in [0, 0.1) is 0 Å². The summed E-state index contributed by atoms with van der Waals surface area (Å²) < 4.78 is 4.93. The molecule has 3 heteroatoms. The molecular formula is C25H42O2S. The van der Waals surface area contributed by atoms with Crippen molar-refractivity contribution < 1.29 is 9.53 Å². The second-order valence-electron chi connectivity index (χ2n) is 10.1. The maximum atomic E-state index is 12.9. The Kier molecular flexibility index (Phi) is 9.12. The molecule has 0 fully saturated rings. The minimum atomic E-state index is -0.546. The lowest BCUT2D eigenvalue weighted by atomic mass is 9.81. The number of ether oxygens (including phenoxy) is 1. The Morgan fingerprint density at radius 3 is 1.82 bits per heavy atom. The van der Waals surface area contributed by atoms with Gasteiger partial charge < -0.3 is 4.74 Å². The molecule has 1 atom stereocenters. The highest BCUT2D eigenvalue weighted by Crippen LogP contribution is 2.41. The van der Waals surface area contributed by atoms with Crippen molar-refractivity contribution in [1.29, 1.82) is 0 Å². The Morgan fingerprint density at radius 1 is 0.857 bits per heavy atom. The van der Waals surface area contributed by atoms with Crippen LogP contribution in [0.3, 0.4) is 0 Å². The molecule has 0 aliphatic carbocycles. The van der Waals surface area contributed by atoms with E-state index in [-0.39, 0.29) is 16.8 Å². The molecule has 0 amide bonds. The zero-order valence-corrected chi connectivity index (χ0v) is 20.5. The summed E-state index contributed by atoms with van der Waals surface area (Å²) in [6.45, 7) is 20.1. The summed E-state index contributed by atoms with van der Waals surface area (Å²) in [6.07, 6.45) is 5.49. The van der Waals surface area contributed by atoms with E-state index < -0.39 is 4.75 Å². The van der Waals surface area contributed by atoms with E-state index in [1.807, 2.05) is 6.92 Å². The first-order valence-electron chi connectivity index (χ1n) is 10.9. The summed E-state index contributed by atoms with van der Waals surface area (Å²) in [5, 5.41) is 0. The molecule has 1 aromatic rings. The largest absolute Gasteiger partial charge is 0.465 e. The maximum Gasteiger partial charge on any atom is 0.322 e. The Bertz CT molecular complexity index is 605. The first-order valence-corrected chi connectivity index (χ1v) is 11.7. The number of hydrogen-bond donors (Lipinski definition) is 0. The number of unbranched alkanes of at least 4 members (excludes halogenated alkanes) is 3. The molecule has 0 radical (unpaired) electrons. The van der Waals surface area contributed by atoms with Crippen molar-refractivity contribution in [3.05, 3.63) is 29.3 Å². The Balaban J connectivity index is 3.27. The number of esters is 1. The van der Waals surface area contributed by atoms with Gasteiger partial charge in [-0.2, -0.15) is 0 Å². The van der Waals surface area contributed by atoms with Crippen LogP contribution in [-0.4, -0.2) is 17.3 Å². The number of hydrogen-bond acceptors (Lipinski definition) is 3. The molecule has 0 aliphatic heterocycles. The molecule has 160 valence electrons. The molecule has 28 heavy (non-hydrogen) atoms. The van der Waals surface area contributed by atoms with E-state index in [4.69, 9.17) is 4.74 Å². The highest BCUT2D eigenvalue weighted by Gasteiger charge is 2.36. The lowest BCUT2D eigenvalue weighted by Gasteiger charge is -2.30. The third-order valence-corrected chi connectivity index (χ3v) is 6.49. The SMILES string of the molecule is CCCCCCC(C)(Sc1cc(C(C)(C)C)cc(C(C)(C)C)c1)C(=O)OCC. The van der Waals surface area contributed by atoms with Gasteiger partial charge in [0.15, 0.2) is 0 Å². The van der Waals surface area contributed by atoms with E-state index in [0.717, 1.165) is 12.8 Å². The van der Waals surface area contributed by atoms with Gasteiger partial charge in [-0.3, -0.25) is 4.79 Å². The van der Waals surface area contributed by atoms with Gasteiger partial charge in [0.05, 0.1) is 6.61 Å². The molecule has 1 aromatic carbocycles. The van der Waals surface area contributed by atoms with Crippen LogP contribution in [0.4, 0.5) is 0 Å². The van der Waals surface area contributed by atoms with Gasteiger partial charge in [0.25, 0.3) is 0 Å². The minimum Gasteiger partial charge on any atom is -0.465 e. The van der Waals surface area contributed by atoms with Crippen LogP contribution in [0.1, 0.15) is 106 Å². The zero-order valence-electron chi connectivity index (χ0n) is 19.7. The average molecular weight is 407 g/mol. The number of benzene rings is 1. The minimum absolute atomic E-state index is 0.0675. The normalized spacial score (nSPS) is 14.6. The molecule has 0 saturated carbocycles. The standard InChI is InChI=1S/C25H42O2S/c1-10-12-13-14-15-25(9,22(26)27-11-2)28-21-17-19(23(3,4)5)16-20(18-21)24(6,7)8/h16-18H,10-15H2,1-9H3. The molecular weight excluding hydrogens is 364 g/mol. The lowest BCUT2D eigenvalue weighted by Crippen LogP contribution is -2.33. The molecule has 0 bridgehead atoms. The number of rotatable bonds is 9. The van der Waals surface area contributed by atoms with E-state index in [2.05, 4.69) is 73.6 Å².